The number of unbranched alkanes of at least 4 members (excludes halogenated alkanes) is 1. The van der Waals surface area contributed by atoms with E-state index in [0.29, 0.717) is 12.8 Å². The number of hydrogen-bond acceptors (Lipinski definition) is 3. The molecule has 5 heteroatoms. The number of rotatable bonds is 10. The Morgan fingerprint density at radius 3 is 2.80 bits per heavy atom. The van der Waals surface area contributed by atoms with Crippen molar-refractivity contribution in [1.29, 1.82) is 0 Å². The molecule has 0 saturated carbocycles. The lowest BCUT2D eigenvalue weighted by atomic mass is 10.2. The fraction of sp³-hybridized carbons (Fsp3) is 0.600. The van der Waals surface area contributed by atoms with Gasteiger partial charge < -0.3 is 10.4 Å². The van der Waals surface area contributed by atoms with Crippen LogP contribution in [0, 0.1) is 0 Å². The lowest BCUT2D eigenvalue weighted by Gasteiger charge is -2.09. The number of nitrogens with one attached hydrogen (secondary N) is 1. The Morgan fingerprint density at radius 1 is 1.53 bits per heavy atom. The Labute approximate surface area is 94.1 Å². The third-order valence-electron chi connectivity index (χ3n) is 1.82. The largest absolute Gasteiger partial charge is 0.480 e. The zero-order chi connectivity index (χ0) is 11.5. The summed E-state index contributed by atoms with van der Waals surface area (Å²) in [6, 6.07) is -0.755. The Bertz CT molecular complexity index is 209. The molecule has 4 nitrogen and oxygen atoms in total. The van der Waals surface area contributed by atoms with Gasteiger partial charge in [0.2, 0.25) is 6.41 Å². The van der Waals surface area contributed by atoms with Crippen molar-refractivity contribution in [2.45, 2.75) is 25.3 Å². The summed E-state index contributed by atoms with van der Waals surface area (Å²) < 4.78 is 0. The third kappa shape index (κ3) is 8.05. The summed E-state index contributed by atoms with van der Waals surface area (Å²) in [4.78, 5) is 20.7. The maximum Gasteiger partial charge on any atom is 0.326 e. The first kappa shape index (κ1) is 14.0. The molecule has 0 rings (SSSR count). The maximum atomic E-state index is 10.6. The molecule has 0 heterocycles. The number of carbonyl (C=O) groups excluding carboxylic acids is 1. The van der Waals surface area contributed by atoms with Gasteiger partial charge in [-0.2, -0.15) is 11.8 Å². The first-order valence-corrected chi connectivity index (χ1v) is 5.99. The average molecular weight is 231 g/mol. The molecule has 1 atom stereocenters. The monoisotopic (exact) mass is 231 g/mol. The van der Waals surface area contributed by atoms with Gasteiger partial charge in [-0.05, 0) is 30.8 Å². The van der Waals surface area contributed by atoms with Crippen LogP contribution in [0.4, 0.5) is 0 Å². The Kier molecular flexibility index (Phi) is 8.96. The van der Waals surface area contributed by atoms with Crippen molar-refractivity contribution in [2.75, 3.05) is 11.5 Å². The molecule has 86 valence electrons. The van der Waals surface area contributed by atoms with Crippen LogP contribution in [0.5, 0.6) is 0 Å². The number of aliphatic carboxylic acids is 1. The SMILES string of the molecule is C=CCCCSCCC(NC=O)C(=O)O. The second-order valence-corrected chi connectivity index (χ2v) is 4.23. The molecule has 15 heavy (non-hydrogen) atoms. The lowest BCUT2D eigenvalue weighted by molar-refractivity contribution is -0.140. The molecule has 0 saturated heterocycles. The van der Waals surface area contributed by atoms with Crippen molar-refractivity contribution in [3.8, 4) is 0 Å². The van der Waals surface area contributed by atoms with Crippen LogP contribution in [0.1, 0.15) is 19.3 Å². The predicted octanol–water partition coefficient (Wildman–Crippen LogP) is 1.28. The van der Waals surface area contributed by atoms with Gasteiger partial charge in [0.15, 0.2) is 0 Å². The Balaban J connectivity index is 3.49. The van der Waals surface area contributed by atoms with E-state index in [1.165, 1.54) is 0 Å². The summed E-state index contributed by atoms with van der Waals surface area (Å²) in [6.07, 6.45) is 4.82. The molecule has 0 bridgehead atoms. The van der Waals surface area contributed by atoms with Crippen molar-refractivity contribution >= 4 is 24.1 Å². The highest BCUT2D eigenvalue weighted by Gasteiger charge is 2.14. The molecule has 1 unspecified atom stereocenters. The van der Waals surface area contributed by atoms with Crippen LogP contribution in [-0.2, 0) is 9.59 Å². The van der Waals surface area contributed by atoms with Gasteiger partial charge in [-0.1, -0.05) is 6.08 Å². The lowest BCUT2D eigenvalue weighted by Crippen LogP contribution is -2.36. The number of carbonyl (C=O) groups is 2. The van der Waals surface area contributed by atoms with E-state index in [2.05, 4.69) is 11.9 Å². The highest BCUT2D eigenvalue weighted by Crippen LogP contribution is 2.08. The first-order valence-electron chi connectivity index (χ1n) is 4.83. The Hall–Kier alpha value is -0.970. The summed E-state index contributed by atoms with van der Waals surface area (Å²) >= 11 is 1.70. The minimum atomic E-state index is -0.978. The van der Waals surface area contributed by atoms with E-state index in [1.807, 2.05) is 6.08 Å². The van der Waals surface area contributed by atoms with Gasteiger partial charge >= 0.3 is 5.97 Å². The fourth-order valence-corrected chi connectivity index (χ4v) is 1.97. The van der Waals surface area contributed by atoms with Crippen molar-refractivity contribution < 1.29 is 14.7 Å². The van der Waals surface area contributed by atoms with Crippen LogP contribution < -0.4 is 5.32 Å². The van der Waals surface area contributed by atoms with Crippen LogP contribution >= 0.6 is 11.8 Å². The molecule has 0 aliphatic heterocycles. The summed E-state index contributed by atoms with van der Waals surface area (Å²) in [6.45, 7) is 3.62. The van der Waals surface area contributed by atoms with E-state index in [9.17, 15) is 9.59 Å². The van der Waals surface area contributed by atoms with Gasteiger partial charge in [0.25, 0.3) is 0 Å². The van der Waals surface area contributed by atoms with Crippen LogP contribution in [0.2, 0.25) is 0 Å². The van der Waals surface area contributed by atoms with Crippen LogP contribution in [0.15, 0.2) is 12.7 Å². The highest BCUT2D eigenvalue weighted by molar-refractivity contribution is 7.99. The van der Waals surface area contributed by atoms with Gasteiger partial charge in [-0.15, -0.1) is 6.58 Å². The van der Waals surface area contributed by atoms with E-state index in [1.54, 1.807) is 11.8 Å². The molecule has 0 aromatic rings. The molecule has 0 aliphatic rings. The number of carboxylic acids is 1. The summed E-state index contributed by atoms with van der Waals surface area (Å²) in [5.74, 6) is 0.766. The highest BCUT2D eigenvalue weighted by atomic mass is 32.2. The molecule has 0 spiro atoms. The molecule has 0 aliphatic carbocycles. The van der Waals surface area contributed by atoms with E-state index in [4.69, 9.17) is 5.11 Å². The number of amides is 1. The molecule has 0 aromatic heterocycles. The van der Waals surface area contributed by atoms with Gasteiger partial charge in [0.05, 0.1) is 0 Å². The predicted molar refractivity (Wildman–Crippen MR) is 62.0 cm³/mol. The molecule has 0 aromatic carbocycles. The summed E-state index contributed by atoms with van der Waals surface area (Å²) in [5, 5.41) is 11.0. The van der Waals surface area contributed by atoms with Gasteiger partial charge in [0.1, 0.15) is 6.04 Å². The van der Waals surface area contributed by atoms with Crippen molar-refractivity contribution in [1.82, 2.24) is 5.32 Å². The number of hydrogen-bond donors (Lipinski definition) is 2. The summed E-state index contributed by atoms with van der Waals surface area (Å²) in [5.41, 5.74) is 0. The van der Waals surface area contributed by atoms with Crippen molar-refractivity contribution in [3.63, 3.8) is 0 Å². The maximum absolute atomic E-state index is 10.6. The van der Waals surface area contributed by atoms with E-state index >= 15 is 0 Å². The molecular formula is C10H17NO3S. The standard InChI is InChI=1S/C10H17NO3S/c1-2-3-4-6-15-7-5-9(10(13)14)11-8-12/h2,8-9H,1,3-7H2,(H,11,12)(H,13,14). The van der Waals surface area contributed by atoms with E-state index < -0.39 is 12.0 Å². The van der Waals surface area contributed by atoms with Gasteiger partial charge in [-0.25, -0.2) is 4.79 Å². The first-order chi connectivity index (χ1) is 7.22. The number of thioether (sulfide) groups is 1. The molecule has 1 amide bonds. The molecule has 2 N–H and O–H groups in total. The van der Waals surface area contributed by atoms with Crippen molar-refractivity contribution in [3.05, 3.63) is 12.7 Å². The average Bonchev–Trinajstić information content (AvgIpc) is 2.21. The van der Waals surface area contributed by atoms with Gasteiger partial charge in [0, 0.05) is 0 Å². The smallest absolute Gasteiger partial charge is 0.326 e. The van der Waals surface area contributed by atoms with Crippen LogP contribution in [0.25, 0.3) is 0 Å². The minimum Gasteiger partial charge on any atom is -0.480 e. The second kappa shape index (κ2) is 9.58. The second-order valence-electron chi connectivity index (χ2n) is 3.01. The molecular weight excluding hydrogens is 214 g/mol. The normalized spacial score (nSPS) is 11.7. The van der Waals surface area contributed by atoms with Crippen molar-refractivity contribution in [2.24, 2.45) is 0 Å². The molecule has 0 radical (unpaired) electrons. The molecule has 0 fully saturated rings. The van der Waals surface area contributed by atoms with E-state index in [-0.39, 0.29) is 0 Å². The van der Waals surface area contributed by atoms with Crippen LogP contribution in [0.3, 0.4) is 0 Å². The third-order valence-corrected chi connectivity index (χ3v) is 2.92. The van der Waals surface area contributed by atoms with E-state index in [0.717, 1.165) is 24.3 Å². The minimum absolute atomic E-state index is 0.432. The topological polar surface area (TPSA) is 66.4 Å². The van der Waals surface area contributed by atoms with Crippen LogP contribution in [-0.4, -0.2) is 35.0 Å². The number of carboxylic acid groups (broad SMARTS) is 1. The van der Waals surface area contributed by atoms with Gasteiger partial charge in [-0.3, -0.25) is 4.79 Å². The number of allylic oxidation sites excluding steroid dienone is 1. The zero-order valence-electron chi connectivity index (χ0n) is 8.65. The Morgan fingerprint density at radius 2 is 2.27 bits per heavy atom. The zero-order valence-corrected chi connectivity index (χ0v) is 9.46. The quantitative estimate of drug-likeness (QED) is 0.337. The fourth-order valence-electron chi connectivity index (χ4n) is 0.993. The summed E-state index contributed by atoms with van der Waals surface area (Å²) in [7, 11) is 0.